The summed E-state index contributed by atoms with van der Waals surface area (Å²) < 4.78 is 0. The Morgan fingerprint density at radius 1 is 0.462 bits per heavy atom. The molecule has 0 aliphatic heterocycles. The number of para-hydroxylation sites is 1. The van der Waals surface area contributed by atoms with E-state index in [4.69, 9.17) is 9.97 Å². The van der Waals surface area contributed by atoms with Gasteiger partial charge in [-0.15, -0.1) is 0 Å². The van der Waals surface area contributed by atoms with Gasteiger partial charge in [-0.2, -0.15) is 0 Å². The molecule has 182 valence electrons. The zero-order valence-electron chi connectivity index (χ0n) is 21.3. The summed E-state index contributed by atoms with van der Waals surface area (Å²) in [5.74, 6) is 0.743. The molecule has 0 saturated carbocycles. The fourth-order valence-corrected chi connectivity index (χ4v) is 5.98. The number of aromatic nitrogens is 2. The molecule has 0 atom stereocenters. The van der Waals surface area contributed by atoms with Gasteiger partial charge < -0.3 is 0 Å². The van der Waals surface area contributed by atoms with Crippen molar-refractivity contribution in [2.24, 2.45) is 0 Å². The molecule has 6 aromatic carbocycles. The highest BCUT2D eigenvalue weighted by atomic mass is 14.9. The van der Waals surface area contributed by atoms with Gasteiger partial charge in [-0.05, 0) is 62.7 Å². The number of fused-ring (bicyclic) bond motifs is 6. The molecule has 7 aromatic rings. The van der Waals surface area contributed by atoms with E-state index in [0.29, 0.717) is 0 Å². The van der Waals surface area contributed by atoms with Crippen molar-refractivity contribution in [2.75, 3.05) is 0 Å². The van der Waals surface area contributed by atoms with Crippen molar-refractivity contribution in [1.29, 1.82) is 0 Å². The highest BCUT2D eigenvalue weighted by molar-refractivity contribution is 6.00. The molecule has 1 aliphatic carbocycles. The maximum atomic E-state index is 5.14. The summed E-state index contributed by atoms with van der Waals surface area (Å²) in [6, 6.07) is 47.4. The fourth-order valence-electron chi connectivity index (χ4n) is 5.98. The summed E-state index contributed by atoms with van der Waals surface area (Å²) in [5, 5.41) is 3.63. The first-order valence-electron chi connectivity index (χ1n) is 13.4. The molecule has 1 heterocycles. The zero-order chi connectivity index (χ0) is 25.8. The Morgan fingerprint density at radius 3 is 2.08 bits per heavy atom. The molecule has 2 nitrogen and oxygen atoms in total. The number of hydrogen-bond donors (Lipinski definition) is 0. The van der Waals surface area contributed by atoms with Crippen molar-refractivity contribution in [3.63, 3.8) is 0 Å². The predicted octanol–water partition coefficient (Wildman–Crippen LogP) is 9.36. The first-order valence-corrected chi connectivity index (χ1v) is 13.4. The summed E-state index contributed by atoms with van der Waals surface area (Å²) in [5.41, 5.74) is 12.0. The summed E-state index contributed by atoms with van der Waals surface area (Å²) in [6.07, 6.45) is 0.988. The van der Waals surface area contributed by atoms with Crippen LogP contribution in [0.15, 0.2) is 133 Å². The van der Waals surface area contributed by atoms with E-state index in [-0.39, 0.29) is 0 Å². The molecule has 0 amide bonds. The van der Waals surface area contributed by atoms with Gasteiger partial charge in [0.05, 0.1) is 11.2 Å². The third kappa shape index (κ3) is 3.65. The van der Waals surface area contributed by atoms with E-state index < -0.39 is 0 Å². The van der Waals surface area contributed by atoms with E-state index in [1.54, 1.807) is 0 Å². The van der Waals surface area contributed by atoms with Gasteiger partial charge in [-0.1, -0.05) is 121 Å². The number of nitrogens with zero attached hydrogens (tertiary/aromatic N) is 2. The summed E-state index contributed by atoms with van der Waals surface area (Å²) in [7, 11) is 0. The summed E-state index contributed by atoms with van der Waals surface area (Å²) in [6.45, 7) is 0. The van der Waals surface area contributed by atoms with Gasteiger partial charge in [-0.25, -0.2) is 9.97 Å². The van der Waals surface area contributed by atoms with Crippen molar-refractivity contribution < 1.29 is 0 Å². The van der Waals surface area contributed by atoms with Crippen LogP contribution in [0.25, 0.3) is 66.6 Å². The molecular formula is C37H24N2. The molecule has 1 aromatic heterocycles. The van der Waals surface area contributed by atoms with E-state index in [0.717, 1.165) is 40.0 Å². The average molecular weight is 497 g/mol. The van der Waals surface area contributed by atoms with Gasteiger partial charge >= 0.3 is 0 Å². The minimum atomic E-state index is 0.743. The van der Waals surface area contributed by atoms with Crippen molar-refractivity contribution in [3.05, 3.63) is 145 Å². The van der Waals surface area contributed by atoms with Crippen molar-refractivity contribution in [1.82, 2.24) is 9.97 Å². The molecule has 0 N–H and O–H groups in total. The molecule has 8 rings (SSSR count). The quantitative estimate of drug-likeness (QED) is 0.243. The Balaban J connectivity index is 1.24. The molecule has 1 aliphatic rings. The number of hydrogen-bond acceptors (Lipinski definition) is 2. The lowest BCUT2D eigenvalue weighted by atomic mass is 9.96. The Bertz CT molecular complexity index is 2020. The van der Waals surface area contributed by atoms with Crippen LogP contribution in [-0.4, -0.2) is 9.97 Å². The first-order chi connectivity index (χ1) is 19.3. The maximum Gasteiger partial charge on any atom is 0.160 e. The topological polar surface area (TPSA) is 25.8 Å². The van der Waals surface area contributed by atoms with Crippen LogP contribution in [-0.2, 0) is 6.42 Å². The standard InChI is InChI=1S/C37H24N2/c1-2-8-24(9-3-1)25-14-16-26(17-15-25)37-38-35-13-7-6-12-33(35)36(39-37)29-19-20-31-28(22-29)18-21-32-30-11-5-4-10-27(30)23-34(31)32/h1-22H,23H2. The van der Waals surface area contributed by atoms with E-state index in [1.807, 2.05) is 12.1 Å². The van der Waals surface area contributed by atoms with Crippen LogP contribution >= 0.6 is 0 Å². The van der Waals surface area contributed by atoms with E-state index in [1.165, 1.54) is 44.2 Å². The van der Waals surface area contributed by atoms with E-state index in [9.17, 15) is 0 Å². The Morgan fingerprint density at radius 2 is 1.18 bits per heavy atom. The maximum absolute atomic E-state index is 5.14. The van der Waals surface area contributed by atoms with Gasteiger partial charge in [0.15, 0.2) is 5.82 Å². The molecule has 0 saturated heterocycles. The van der Waals surface area contributed by atoms with Crippen molar-refractivity contribution in [3.8, 4) is 44.9 Å². The van der Waals surface area contributed by atoms with Crippen molar-refractivity contribution >= 4 is 21.7 Å². The van der Waals surface area contributed by atoms with Crippen LogP contribution in [0.4, 0.5) is 0 Å². The first kappa shape index (κ1) is 22.0. The van der Waals surface area contributed by atoms with Crippen LogP contribution in [0.1, 0.15) is 11.1 Å². The third-order valence-corrected chi connectivity index (χ3v) is 7.93. The molecule has 0 spiro atoms. The van der Waals surface area contributed by atoms with Crippen LogP contribution in [0, 0.1) is 0 Å². The Hall–Kier alpha value is -5.08. The zero-order valence-corrected chi connectivity index (χ0v) is 21.3. The van der Waals surface area contributed by atoms with Gasteiger partial charge in [0.25, 0.3) is 0 Å². The van der Waals surface area contributed by atoms with Crippen LogP contribution in [0.3, 0.4) is 0 Å². The molecule has 0 radical (unpaired) electrons. The molecule has 2 heteroatoms. The van der Waals surface area contributed by atoms with Gasteiger partial charge in [0.2, 0.25) is 0 Å². The minimum Gasteiger partial charge on any atom is -0.228 e. The van der Waals surface area contributed by atoms with Crippen LogP contribution in [0.2, 0.25) is 0 Å². The van der Waals surface area contributed by atoms with Gasteiger partial charge in [-0.3, -0.25) is 0 Å². The Labute approximate surface area is 227 Å². The predicted molar refractivity (Wildman–Crippen MR) is 162 cm³/mol. The molecule has 0 fully saturated rings. The molecule has 0 bridgehead atoms. The molecular weight excluding hydrogens is 472 g/mol. The monoisotopic (exact) mass is 496 g/mol. The average Bonchev–Trinajstić information content (AvgIpc) is 3.40. The second kappa shape index (κ2) is 8.75. The lowest BCUT2D eigenvalue weighted by Gasteiger charge is -2.12. The minimum absolute atomic E-state index is 0.743. The largest absolute Gasteiger partial charge is 0.228 e. The normalized spacial score (nSPS) is 12.0. The lowest BCUT2D eigenvalue weighted by Crippen LogP contribution is -1.95. The number of benzene rings is 6. The summed E-state index contributed by atoms with van der Waals surface area (Å²) >= 11 is 0. The highest BCUT2D eigenvalue weighted by Gasteiger charge is 2.20. The van der Waals surface area contributed by atoms with Crippen molar-refractivity contribution in [2.45, 2.75) is 6.42 Å². The second-order valence-corrected chi connectivity index (χ2v) is 10.2. The number of rotatable bonds is 3. The van der Waals surface area contributed by atoms with E-state index in [2.05, 4.69) is 121 Å². The third-order valence-electron chi connectivity index (χ3n) is 7.93. The van der Waals surface area contributed by atoms with Crippen LogP contribution in [0.5, 0.6) is 0 Å². The Kier molecular flexibility index (Phi) is 4.92. The SMILES string of the molecule is c1ccc(-c2ccc(-c3nc(-c4ccc5c6c(ccc5c4)-c4ccccc4C6)c4ccccc4n3)cc2)cc1. The summed E-state index contributed by atoms with van der Waals surface area (Å²) in [4.78, 5) is 10.1. The highest BCUT2D eigenvalue weighted by Crippen LogP contribution is 2.41. The van der Waals surface area contributed by atoms with Crippen LogP contribution < -0.4 is 0 Å². The molecule has 0 unspecified atom stereocenters. The van der Waals surface area contributed by atoms with Gasteiger partial charge in [0.1, 0.15) is 0 Å². The second-order valence-electron chi connectivity index (χ2n) is 10.2. The molecule has 39 heavy (non-hydrogen) atoms. The smallest absolute Gasteiger partial charge is 0.160 e. The van der Waals surface area contributed by atoms with E-state index >= 15 is 0 Å². The lowest BCUT2D eigenvalue weighted by molar-refractivity contribution is 1.23. The van der Waals surface area contributed by atoms with Gasteiger partial charge in [0, 0.05) is 16.5 Å². The fraction of sp³-hybridized carbons (Fsp3) is 0.0270.